The van der Waals surface area contributed by atoms with E-state index in [4.69, 9.17) is 9.42 Å². The molecule has 0 saturated heterocycles. The van der Waals surface area contributed by atoms with Crippen LogP contribution in [0.4, 0.5) is 0 Å². The summed E-state index contributed by atoms with van der Waals surface area (Å²) in [6.45, 7) is 5.69. The summed E-state index contributed by atoms with van der Waals surface area (Å²) in [6.07, 6.45) is 4.17. The molecule has 16 heavy (non-hydrogen) atoms. The number of unbranched alkanes of at least 4 members (excludes halogenated alkanes) is 1. The third-order valence-electron chi connectivity index (χ3n) is 2.33. The van der Waals surface area contributed by atoms with Crippen molar-refractivity contribution in [1.82, 2.24) is 0 Å². The minimum Gasteiger partial charge on any atom is -0.326 e. The minimum atomic E-state index is -3.37. The van der Waals surface area contributed by atoms with Crippen LogP contribution in [-0.4, -0.2) is 18.2 Å². The van der Waals surface area contributed by atoms with Gasteiger partial charge in [0.25, 0.3) is 0 Å². The van der Waals surface area contributed by atoms with Crippen molar-refractivity contribution >= 4 is 15.9 Å². The molecule has 0 radical (unpaired) electrons. The molecule has 0 bridgehead atoms. The predicted molar refractivity (Wildman–Crippen MR) is 65.1 cm³/mol. The first kappa shape index (κ1) is 16.3. The van der Waals surface area contributed by atoms with Gasteiger partial charge in [0.15, 0.2) is 0 Å². The van der Waals surface area contributed by atoms with Crippen LogP contribution in [0.5, 0.6) is 0 Å². The molecule has 1 N–H and O–H groups in total. The minimum absolute atomic E-state index is 0.319. The Bertz CT molecular complexity index is 256. The molecule has 0 spiro atoms. The molecule has 0 fully saturated rings. The summed E-state index contributed by atoms with van der Waals surface area (Å²) in [5.41, 5.74) is 0. The van der Waals surface area contributed by atoms with E-state index in [0.29, 0.717) is 12.5 Å². The van der Waals surface area contributed by atoms with E-state index in [-0.39, 0.29) is 0 Å². The molecule has 0 aromatic carbocycles. The van der Waals surface area contributed by atoms with Crippen LogP contribution >= 0.6 is 15.9 Å². The average molecular weight is 272 g/mol. The summed E-state index contributed by atoms with van der Waals surface area (Å²) in [5, 5.41) is 0. The monoisotopic (exact) mass is 272 g/mol. The van der Waals surface area contributed by atoms with Gasteiger partial charge in [0.05, 0.1) is 6.61 Å². The second-order valence-corrected chi connectivity index (χ2v) is 6.90. The van der Waals surface area contributed by atoms with E-state index in [2.05, 4.69) is 11.2 Å². The predicted octanol–water partition coefficient (Wildman–Crippen LogP) is 3.44. The van der Waals surface area contributed by atoms with Gasteiger partial charge in [-0.25, -0.2) is 4.31 Å². The second kappa shape index (κ2) is 8.43. The molecule has 0 saturated carbocycles. The molecule has 0 aliphatic heterocycles. The Morgan fingerprint density at radius 1 is 1.44 bits per heavy atom. The highest BCUT2D eigenvalue weighted by atomic mass is 31.2. The fourth-order valence-electron chi connectivity index (χ4n) is 1.31. The van der Waals surface area contributed by atoms with Gasteiger partial charge in [0, 0.05) is 6.66 Å². The van der Waals surface area contributed by atoms with Crippen LogP contribution in [0.1, 0.15) is 39.5 Å². The molecule has 0 aliphatic rings. The summed E-state index contributed by atoms with van der Waals surface area (Å²) < 4.78 is 31.4. The maximum absolute atomic E-state index is 11.5. The van der Waals surface area contributed by atoms with E-state index >= 15 is 0 Å². The highest BCUT2D eigenvalue weighted by Crippen LogP contribution is 2.51. The van der Waals surface area contributed by atoms with Gasteiger partial charge in [0.1, 0.15) is 0 Å². The smallest absolute Gasteiger partial charge is 0.326 e. The largest absolute Gasteiger partial charge is 0.334 e. The number of rotatable bonds is 9. The van der Waals surface area contributed by atoms with E-state index in [1.807, 2.05) is 6.92 Å². The summed E-state index contributed by atoms with van der Waals surface area (Å²) >= 11 is 0. The lowest BCUT2D eigenvalue weighted by atomic mass is 10.0. The number of hydrogen-bond donors (Lipinski definition) is 1. The molecule has 0 rings (SSSR count). The third kappa shape index (κ3) is 8.49. The Labute approximate surface area is 98.0 Å². The molecular weight excluding hydrogens is 250 g/mol. The first-order valence-corrected chi connectivity index (χ1v) is 8.81. The Kier molecular flexibility index (Phi) is 8.61. The van der Waals surface area contributed by atoms with Gasteiger partial charge in [-0.05, 0) is 12.3 Å². The molecule has 7 heteroatoms. The van der Waals surface area contributed by atoms with E-state index in [0.717, 1.165) is 25.7 Å². The lowest BCUT2D eigenvalue weighted by Crippen LogP contribution is -2.07. The Balaban J connectivity index is 3.99. The first-order chi connectivity index (χ1) is 7.41. The van der Waals surface area contributed by atoms with Crippen molar-refractivity contribution in [2.24, 2.45) is 5.92 Å². The Morgan fingerprint density at radius 3 is 2.50 bits per heavy atom. The first-order valence-electron chi connectivity index (χ1n) is 5.55. The average Bonchev–Trinajstić information content (AvgIpc) is 2.16. The van der Waals surface area contributed by atoms with Gasteiger partial charge >= 0.3 is 15.9 Å². The van der Waals surface area contributed by atoms with Crippen LogP contribution in [0.3, 0.4) is 0 Å². The number of hydrogen-bond acceptors (Lipinski definition) is 4. The van der Waals surface area contributed by atoms with Crippen LogP contribution < -0.4 is 0 Å². The highest BCUT2D eigenvalue weighted by Gasteiger charge is 2.21. The van der Waals surface area contributed by atoms with Crippen molar-refractivity contribution in [2.45, 2.75) is 39.5 Å². The van der Waals surface area contributed by atoms with Crippen LogP contribution in [0, 0.1) is 5.92 Å². The van der Waals surface area contributed by atoms with E-state index < -0.39 is 15.9 Å². The molecule has 0 aliphatic carbocycles. The van der Waals surface area contributed by atoms with Crippen molar-refractivity contribution in [2.75, 3.05) is 13.3 Å². The second-order valence-electron chi connectivity index (χ2n) is 3.84. The highest BCUT2D eigenvalue weighted by molar-refractivity contribution is 7.59. The van der Waals surface area contributed by atoms with Crippen molar-refractivity contribution in [3.8, 4) is 0 Å². The van der Waals surface area contributed by atoms with Gasteiger partial charge < -0.3 is 9.42 Å². The van der Waals surface area contributed by atoms with E-state index in [1.54, 1.807) is 0 Å². The van der Waals surface area contributed by atoms with Gasteiger partial charge in [0.2, 0.25) is 0 Å². The molecule has 98 valence electrons. The zero-order chi connectivity index (χ0) is 12.6. The van der Waals surface area contributed by atoms with Crippen LogP contribution in [-0.2, 0) is 18.0 Å². The van der Waals surface area contributed by atoms with Crippen molar-refractivity contribution in [3.63, 3.8) is 0 Å². The molecule has 3 atom stereocenters. The lowest BCUT2D eigenvalue weighted by Gasteiger charge is -2.17. The summed E-state index contributed by atoms with van der Waals surface area (Å²) in [4.78, 5) is 8.52. The maximum Gasteiger partial charge on any atom is 0.334 e. The molecule has 0 heterocycles. The third-order valence-corrected chi connectivity index (χ3v) is 4.90. The molecule has 0 amide bonds. The SMILES string of the molecule is CCCCC(CC)COP(C)(=O)O[PH](=O)O. The lowest BCUT2D eigenvalue weighted by molar-refractivity contribution is 0.208. The fourth-order valence-corrected chi connectivity index (χ4v) is 3.13. The standard InChI is InChI=1S/C9H22O5P2/c1-4-6-7-9(5-2)8-13-16(3,12)14-15(10)11/h9,15H,4-8H2,1-3H3,(H,10,11). The van der Waals surface area contributed by atoms with Crippen molar-refractivity contribution < 1.29 is 22.9 Å². The zero-order valence-corrected chi connectivity index (χ0v) is 12.0. The molecule has 5 nitrogen and oxygen atoms in total. The van der Waals surface area contributed by atoms with Crippen LogP contribution in [0.2, 0.25) is 0 Å². The summed E-state index contributed by atoms with van der Waals surface area (Å²) in [6, 6.07) is 0. The zero-order valence-electron chi connectivity index (χ0n) is 10.1. The summed E-state index contributed by atoms with van der Waals surface area (Å²) in [5.74, 6) is 0.331. The quantitative estimate of drug-likeness (QED) is 0.651. The van der Waals surface area contributed by atoms with Gasteiger partial charge in [-0.2, -0.15) is 0 Å². The Morgan fingerprint density at radius 2 is 2.06 bits per heavy atom. The van der Waals surface area contributed by atoms with Gasteiger partial charge in [-0.3, -0.25) is 9.13 Å². The normalized spacial score (nSPS) is 19.0. The van der Waals surface area contributed by atoms with E-state index in [1.165, 1.54) is 6.66 Å². The molecular formula is C9H22O5P2. The van der Waals surface area contributed by atoms with E-state index in [9.17, 15) is 9.13 Å². The molecule has 3 unspecified atom stereocenters. The van der Waals surface area contributed by atoms with Crippen LogP contribution in [0.15, 0.2) is 0 Å². The van der Waals surface area contributed by atoms with Crippen molar-refractivity contribution in [3.05, 3.63) is 0 Å². The summed E-state index contributed by atoms with van der Waals surface area (Å²) in [7, 11) is -6.57. The van der Waals surface area contributed by atoms with Crippen molar-refractivity contribution in [1.29, 1.82) is 0 Å². The van der Waals surface area contributed by atoms with Crippen LogP contribution in [0.25, 0.3) is 0 Å². The topological polar surface area (TPSA) is 72.8 Å². The Hall–Kier alpha value is 0.340. The fraction of sp³-hybridized carbons (Fsp3) is 1.00. The molecule has 0 aromatic heterocycles. The maximum atomic E-state index is 11.5. The van der Waals surface area contributed by atoms with Gasteiger partial charge in [-0.15, -0.1) is 0 Å². The molecule has 0 aromatic rings. The van der Waals surface area contributed by atoms with Gasteiger partial charge in [-0.1, -0.05) is 33.1 Å².